The topological polar surface area (TPSA) is 46.9 Å². The minimum absolute atomic E-state index is 0.159. The molecule has 13 heteroatoms. The molecule has 0 aliphatic carbocycles. The van der Waals surface area contributed by atoms with Crippen LogP contribution in [0.4, 0.5) is 25.1 Å². The summed E-state index contributed by atoms with van der Waals surface area (Å²) in [4.78, 5) is 10.9. The van der Waals surface area contributed by atoms with Gasteiger partial charge in [-0.1, -0.05) is 72.4 Å². The first kappa shape index (κ1) is 26.3. The van der Waals surface area contributed by atoms with Crippen molar-refractivity contribution in [3.05, 3.63) is 93.1 Å². The number of carbonyl (C=O) groups is 1. The number of carbonyl (C=O) groups excluding carboxylic acids is 1. The first-order valence-electron chi connectivity index (χ1n) is 9.99. The monoisotopic (exact) mass is 581 g/mol. The van der Waals surface area contributed by atoms with E-state index in [9.17, 15) is 24.2 Å². The average molecular weight is 583 g/mol. The van der Waals surface area contributed by atoms with Crippen molar-refractivity contribution in [2.24, 2.45) is 0 Å². The van der Waals surface area contributed by atoms with E-state index in [2.05, 4.69) is 10.4 Å². The highest BCUT2D eigenvalue weighted by molar-refractivity contribution is 8.45. The van der Waals surface area contributed by atoms with E-state index < -0.39 is 26.7 Å². The van der Waals surface area contributed by atoms with Crippen LogP contribution in [-0.2, 0) is 0 Å². The molecular weight excluding hydrogens is 568 g/mol. The molecule has 190 valence electrons. The number of anilines is 1. The van der Waals surface area contributed by atoms with E-state index in [1.54, 1.807) is 43.3 Å². The molecular formula is C23H15Cl3F5N3OS. The summed E-state index contributed by atoms with van der Waals surface area (Å²) >= 11 is 18.3. The molecule has 0 radical (unpaired) electrons. The van der Waals surface area contributed by atoms with Gasteiger partial charge in [-0.15, -0.1) is 0 Å². The molecule has 0 fully saturated rings. The lowest BCUT2D eigenvalue weighted by molar-refractivity contribution is 0.102. The SMILES string of the molecule is Cc1c(C(=O)Nc2cccc(S(F)(F)(F)(F)F)c2)nn(-c2cc(Cl)cc(Cl)c2)c1-c1ccc(Cl)cc1. The Labute approximate surface area is 217 Å². The van der Waals surface area contributed by atoms with Crippen molar-refractivity contribution in [3.63, 3.8) is 0 Å². The third-order valence-corrected chi connectivity index (χ3v) is 6.92. The Morgan fingerprint density at radius 3 is 2.06 bits per heavy atom. The maximum Gasteiger partial charge on any atom is 0.310 e. The van der Waals surface area contributed by atoms with E-state index in [1.165, 1.54) is 10.7 Å². The molecule has 0 atom stereocenters. The van der Waals surface area contributed by atoms with Crippen molar-refractivity contribution >= 4 is 56.6 Å². The molecule has 1 N–H and O–H groups in total. The van der Waals surface area contributed by atoms with Crippen LogP contribution in [0.15, 0.2) is 71.6 Å². The molecule has 0 spiro atoms. The molecule has 4 nitrogen and oxygen atoms in total. The fourth-order valence-electron chi connectivity index (χ4n) is 3.51. The van der Waals surface area contributed by atoms with Gasteiger partial charge in [-0.3, -0.25) is 4.79 Å². The number of benzene rings is 3. The molecule has 0 saturated heterocycles. The molecule has 0 aliphatic heterocycles. The summed E-state index contributed by atoms with van der Waals surface area (Å²) in [6.45, 7) is 1.58. The Bertz CT molecular complexity index is 1490. The first-order valence-corrected chi connectivity index (χ1v) is 13.1. The lowest BCUT2D eigenvalue weighted by Gasteiger charge is -2.40. The smallest absolute Gasteiger partial charge is 0.310 e. The molecule has 3 aromatic carbocycles. The van der Waals surface area contributed by atoms with Gasteiger partial charge in [-0.2, -0.15) is 5.10 Å². The predicted molar refractivity (Wildman–Crippen MR) is 135 cm³/mol. The number of nitrogens with zero attached hydrogens (tertiary/aromatic N) is 2. The lowest BCUT2D eigenvalue weighted by atomic mass is 10.1. The maximum atomic E-state index is 13.2. The van der Waals surface area contributed by atoms with Gasteiger partial charge in [-0.25, -0.2) is 4.68 Å². The van der Waals surface area contributed by atoms with Crippen LogP contribution in [0.25, 0.3) is 16.9 Å². The quantitative estimate of drug-likeness (QED) is 0.238. The van der Waals surface area contributed by atoms with Crippen molar-refractivity contribution < 1.29 is 24.2 Å². The van der Waals surface area contributed by atoms with Crippen LogP contribution in [0.1, 0.15) is 16.1 Å². The molecule has 4 aromatic rings. The molecule has 0 aliphatic rings. The Morgan fingerprint density at radius 2 is 1.47 bits per heavy atom. The third-order valence-electron chi connectivity index (χ3n) is 5.08. The van der Waals surface area contributed by atoms with Crippen LogP contribution in [0.5, 0.6) is 0 Å². The van der Waals surface area contributed by atoms with Crippen LogP contribution in [-0.4, -0.2) is 15.7 Å². The summed E-state index contributed by atoms with van der Waals surface area (Å²) in [5, 5.41) is 7.63. The normalized spacial score (nSPS) is 13.7. The van der Waals surface area contributed by atoms with Crippen LogP contribution < -0.4 is 5.32 Å². The zero-order chi connectivity index (χ0) is 26.5. The maximum absolute atomic E-state index is 13.2. The van der Waals surface area contributed by atoms with Crippen molar-refractivity contribution in [2.75, 3.05) is 5.32 Å². The van der Waals surface area contributed by atoms with E-state index in [4.69, 9.17) is 34.8 Å². The van der Waals surface area contributed by atoms with Gasteiger partial charge in [0.25, 0.3) is 5.91 Å². The minimum Gasteiger partial charge on any atom is -0.321 e. The number of aromatic nitrogens is 2. The number of halogens is 8. The van der Waals surface area contributed by atoms with Gasteiger partial charge in [0, 0.05) is 31.9 Å². The standard InChI is InChI=1S/C23H15Cl3F5N3OS/c1-13-21(23(35)32-18-3-2-4-20(12-18)36(27,28,29,30)31)33-34(19-10-16(25)9-17(26)11-19)22(13)14-5-7-15(24)8-6-14/h2-12H,1H3,(H,32,35). The van der Waals surface area contributed by atoms with Gasteiger partial charge in [0.05, 0.1) is 11.4 Å². The second-order valence-electron chi connectivity index (χ2n) is 7.82. The molecule has 0 bridgehead atoms. The Balaban J connectivity index is 1.81. The van der Waals surface area contributed by atoms with Gasteiger partial charge in [0.1, 0.15) is 4.90 Å². The van der Waals surface area contributed by atoms with Crippen LogP contribution >= 0.6 is 45.0 Å². The number of hydrogen-bond donors (Lipinski definition) is 1. The van der Waals surface area contributed by atoms with Crippen molar-refractivity contribution in [2.45, 2.75) is 11.8 Å². The summed E-state index contributed by atoms with van der Waals surface area (Å²) < 4.78 is 67.5. The lowest BCUT2D eigenvalue weighted by Crippen LogP contribution is -2.15. The highest BCUT2D eigenvalue weighted by Crippen LogP contribution is 3.02. The minimum atomic E-state index is -9.94. The zero-order valence-corrected chi connectivity index (χ0v) is 21.2. The molecule has 1 heterocycles. The van der Waals surface area contributed by atoms with E-state index in [1.807, 2.05) is 0 Å². The molecule has 1 aromatic heterocycles. The molecule has 0 saturated carbocycles. The second kappa shape index (κ2) is 8.37. The van der Waals surface area contributed by atoms with Crippen LogP contribution in [0.2, 0.25) is 15.1 Å². The summed E-state index contributed by atoms with van der Waals surface area (Å²) in [5.74, 6) is -0.908. The van der Waals surface area contributed by atoms with E-state index in [0.29, 0.717) is 37.6 Å². The van der Waals surface area contributed by atoms with E-state index in [-0.39, 0.29) is 17.8 Å². The number of amides is 1. The van der Waals surface area contributed by atoms with Gasteiger partial charge in [0.2, 0.25) is 0 Å². The summed E-state index contributed by atoms with van der Waals surface area (Å²) in [5.41, 5.74) is 1.20. The van der Waals surface area contributed by atoms with Crippen molar-refractivity contribution in [1.29, 1.82) is 0 Å². The fourth-order valence-corrected chi connectivity index (χ4v) is 4.84. The largest absolute Gasteiger partial charge is 0.321 e. The first-order chi connectivity index (χ1) is 16.5. The molecule has 4 rings (SSSR count). The number of rotatable bonds is 5. The number of hydrogen-bond acceptors (Lipinski definition) is 2. The van der Waals surface area contributed by atoms with E-state index >= 15 is 0 Å². The Kier molecular flexibility index (Phi) is 6.11. The highest BCUT2D eigenvalue weighted by Gasteiger charge is 2.65. The van der Waals surface area contributed by atoms with E-state index in [0.717, 1.165) is 12.1 Å². The van der Waals surface area contributed by atoms with Crippen molar-refractivity contribution in [1.82, 2.24) is 9.78 Å². The average Bonchev–Trinajstić information content (AvgIpc) is 3.10. The Morgan fingerprint density at radius 1 is 0.861 bits per heavy atom. The summed E-state index contributed by atoms with van der Waals surface area (Å²) in [6, 6.07) is 13.5. The van der Waals surface area contributed by atoms with Gasteiger partial charge < -0.3 is 5.32 Å². The third kappa shape index (κ3) is 5.62. The van der Waals surface area contributed by atoms with Crippen LogP contribution in [0, 0.1) is 6.92 Å². The summed E-state index contributed by atoms with van der Waals surface area (Å²) in [7, 11) is -9.94. The Hall–Kier alpha value is -2.79. The van der Waals surface area contributed by atoms with Gasteiger partial charge in [-0.05, 0) is 55.5 Å². The van der Waals surface area contributed by atoms with Gasteiger partial charge in [0.15, 0.2) is 5.69 Å². The summed E-state index contributed by atoms with van der Waals surface area (Å²) in [6.07, 6.45) is 0. The molecule has 0 unspecified atom stereocenters. The van der Waals surface area contributed by atoms with Crippen LogP contribution in [0.3, 0.4) is 0 Å². The molecule has 36 heavy (non-hydrogen) atoms. The molecule has 1 amide bonds. The zero-order valence-electron chi connectivity index (χ0n) is 18.1. The van der Waals surface area contributed by atoms with Crippen molar-refractivity contribution in [3.8, 4) is 16.9 Å². The van der Waals surface area contributed by atoms with Gasteiger partial charge >= 0.3 is 10.2 Å². The second-order valence-corrected chi connectivity index (χ2v) is 11.5. The number of nitrogens with one attached hydrogen (secondary N) is 1. The highest BCUT2D eigenvalue weighted by atomic mass is 35.5. The predicted octanol–water partition coefficient (Wildman–Crippen LogP) is 9.72. The fraction of sp³-hybridized carbons (Fsp3) is 0.0435.